The third-order valence-electron chi connectivity index (χ3n) is 5.63. The van der Waals surface area contributed by atoms with E-state index in [0.29, 0.717) is 25.1 Å². The van der Waals surface area contributed by atoms with Crippen LogP contribution in [0.25, 0.3) is 5.69 Å². The van der Waals surface area contributed by atoms with Gasteiger partial charge in [-0.3, -0.25) is 14.7 Å². The number of aryl methyl sites for hydroxylation is 2. The second kappa shape index (κ2) is 7.62. The summed E-state index contributed by atoms with van der Waals surface area (Å²) in [7, 11) is 0. The Morgan fingerprint density at radius 1 is 1.07 bits per heavy atom. The van der Waals surface area contributed by atoms with E-state index in [0.717, 1.165) is 33.8 Å². The van der Waals surface area contributed by atoms with Gasteiger partial charge in [0, 0.05) is 18.7 Å². The number of nitrogens with one attached hydrogen (secondary N) is 1. The van der Waals surface area contributed by atoms with Crippen LogP contribution in [0.15, 0.2) is 47.3 Å². The number of amides is 1. The largest absolute Gasteiger partial charge is 0.483 e. The maximum atomic E-state index is 12.9. The molecule has 0 unspecified atom stereocenters. The highest BCUT2D eigenvalue weighted by Crippen LogP contribution is 2.26. The molecule has 0 saturated heterocycles. The van der Waals surface area contributed by atoms with Gasteiger partial charge >= 0.3 is 0 Å². The lowest BCUT2D eigenvalue weighted by Crippen LogP contribution is -2.40. The average Bonchev–Trinajstić information content (AvgIpc) is 3.07. The van der Waals surface area contributed by atoms with Crippen molar-refractivity contribution in [3.05, 3.63) is 80.8 Å². The fraction of sp³-hybridized carbons (Fsp3) is 0.304. The molecule has 1 aliphatic heterocycles. The zero-order valence-electron chi connectivity index (χ0n) is 17.0. The Labute approximate surface area is 169 Å². The summed E-state index contributed by atoms with van der Waals surface area (Å²) in [6.07, 6.45) is 0.624. The molecule has 1 aromatic heterocycles. The first-order chi connectivity index (χ1) is 14.0. The molecular formula is C23H25N3O3. The molecule has 0 spiro atoms. The highest BCUT2D eigenvalue weighted by atomic mass is 16.5. The summed E-state index contributed by atoms with van der Waals surface area (Å²) >= 11 is 0. The number of fused-ring (bicyclic) bond motifs is 1. The van der Waals surface area contributed by atoms with Crippen molar-refractivity contribution in [3.8, 4) is 11.4 Å². The van der Waals surface area contributed by atoms with E-state index in [4.69, 9.17) is 4.74 Å². The maximum absolute atomic E-state index is 12.9. The van der Waals surface area contributed by atoms with Gasteiger partial charge in [-0.2, -0.15) is 0 Å². The first-order valence-corrected chi connectivity index (χ1v) is 9.81. The van der Waals surface area contributed by atoms with Crippen molar-refractivity contribution >= 4 is 5.91 Å². The number of para-hydroxylation sites is 1. The van der Waals surface area contributed by atoms with Crippen LogP contribution in [0, 0.1) is 20.8 Å². The molecule has 0 fully saturated rings. The Hall–Kier alpha value is -3.28. The van der Waals surface area contributed by atoms with Crippen LogP contribution in [0.5, 0.6) is 5.75 Å². The Bertz CT molecular complexity index is 1110. The summed E-state index contributed by atoms with van der Waals surface area (Å²) in [5.41, 5.74) is 5.43. The topological polar surface area (TPSA) is 67.3 Å². The number of benzene rings is 2. The van der Waals surface area contributed by atoms with Crippen LogP contribution in [0.1, 0.15) is 27.9 Å². The molecule has 0 aliphatic carbocycles. The van der Waals surface area contributed by atoms with E-state index in [9.17, 15) is 9.59 Å². The number of H-pyrrole nitrogens is 1. The Kier molecular flexibility index (Phi) is 5.01. The van der Waals surface area contributed by atoms with Crippen molar-refractivity contribution in [2.24, 2.45) is 0 Å². The van der Waals surface area contributed by atoms with Gasteiger partial charge in [-0.05, 0) is 49.6 Å². The molecule has 1 amide bonds. The van der Waals surface area contributed by atoms with Crippen LogP contribution >= 0.6 is 0 Å². The monoisotopic (exact) mass is 391 g/mol. The standard InChI is InChI=1S/C23H25N3O3/c1-15-9-10-16(2)22(17(15)3)29-14-21(27)25-12-11-20-19(13-25)23(28)26(24-20)18-7-5-4-6-8-18/h4-10,24H,11-14H2,1-3H3. The molecule has 0 bridgehead atoms. The quantitative estimate of drug-likeness (QED) is 0.743. The van der Waals surface area contributed by atoms with Gasteiger partial charge in [0.25, 0.3) is 11.5 Å². The van der Waals surface area contributed by atoms with Crippen molar-refractivity contribution < 1.29 is 9.53 Å². The molecule has 2 aromatic carbocycles. The molecule has 6 heteroatoms. The number of carbonyl (C=O) groups excluding carboxylic acids is 1. The molecule has 0 atom stereocenters. The molecule has 1 N–H and O–H groups in total. The molecule has 0 saturated carbocycles. The van der Waals surface area contributed by atoms with Gasteiger partial charge in [-0.15, -0.1) is 0 Å². The van der Waals surface area contributed by atoms with Crippen LogP contribution in [-0.2, 0) is 17.8 Å². The number of carbonyl (C=O) groups is 1. The number of aromatic amines is 1. The van der Waals surface area contributed by atoms with E-state index in [-0.39, 0.29) is 18.1 Å². The van der Waals surface area contributed by atoms with Crippen molar-refractivity contribution in [3.63, 3.8) is 0 Å². The number of ether oxygens (including phenoxy) is 1. The summed E-state index contributed by atoms with van der Waals surface area (Å²) < 4.78 is 7.42. The van der Waals surface area contributed by atoms with Crippen LogP contribution in [-0.4, -0.2) is 33.7 Å². The van der Waals surface area contributed by atoms with Crippen LogP contribution < -0.4 is 10.3 Å². The van der Waals surface area contributed by atoms with Gasteiger partial charge in [0.05, 0.1) is 17.8 Å². The smallest absolute Gasteiger partial charge is 0.276 e. The first kappa shape index (κ1) is 19.1. The first-order valence-electron chi connectivity index (χ1n) is 9.81. The summed E-state index contributed by atoms with van der Waals surface area (Å²) in [5.74, 6) is 0.659. The van der Waals surface area contributed by atoms with E-state index in [2.05, 4.69) is 11.2 Å². The summed E-state index contributed by atoms with van der Waals surface area (Å²) in [6.45, 7) is 6.84. The Morgan fingerprint density at radius 2 is 1.79 bits per heavy atom. The minimum atomic E-state index is -0.109. The second-order valence-corrected chi connectivity index (χ2v) is 7.55. The predicted octanol–water partition coefficient (Wildman–Crippen LogP) is 3.05. The average molecular weight is 391 g/mol. The lowest BCUT2D eigenvalue weighted by atomic mass is 10.1. The van der Waals surface area contributed by atoms with Crippen LogP contribution in [0.3, 0.4) is 0 Å². The number of hydrogen-bond acceptors (Lipinski definition) is 3. The van der Waals surface area contributed by atoms with Gasteiger partial charge in [-0.25, -0.2) is 4.68 Å². The van der Waals surface area contributed by atoms with Gasteiger partial charge in [0.2, 0.25) is 0 Å². The summed E-state index contributed by atoms with van der Waals surface area (Å²) in [5, 5.41) is 3.19. The fourth-order valence-electron chi connectivity index (χ4n) is 3.75. The van der Waals surface area contributed by atoms with E-state index in [1.54, 1.807) is 9.58 Å². The van der Waals surface area contributed by atoms with Gasteiger partial charge < -0.3 is 9.64 Å². The van der Waals surface area contributed by atoms with Gasteiger partial charge in [0.15, 0.2) is 6.61 Å². The molecule has 2 heterocycles. The highest BCUT2D eigenvalue weighted by Gasteiger charge is 2.26. The normalized spacial score (nSPS) is 13.3. The van der Waals surface area contributed by atoms with Crippen LogP contribution in [0.2, 0.25) is 0 Å². The number of nitrogens with zero attached hydrogens (tertiary/aromatic N) is 2. The van der Waals surface area contributed by atoms with E-state index in [1.165, 1.54) is 0 Å². The zero-order valence-corrected chi connectivity index (χ0v) is 17.0. The summed E-state index contributed by atoms with van der Waals surface area (Å²) in [4.78, 5) is 27.3. The van der Waals surface area contributed by atoms with Gasteiger partial charge in [-0.1, -0.05) is 30.3 Å². The molecule has 29 heavy (non-hydrogen) atoms. The maximum Gasteiger partial charge on any atom is 0.276 e. The van der Waals surface area contributed by atoms with Crippen molar-refractivity contribution in [1.82, 2.24) is 14.7 Å². The minimum Gasteiger partial charge on any atom is -0.483 e. The highest BCUT2D eigenvalue weighted by molar-refractivity contribution is 5.78. The van der Waals surface area contributed by atoms with Gasteiger partial charge in [0.1, 0.15) is 5.75 Å². The molecular weight excluding hydrogens is 366 g/mol. The Morgan fingerprint density at radius 3 is 2.55 bits per heavy atom. The van der Waals surface area contributed by atoms with E-state index in [1.807, 2.05) is 57.2 Å². The SMILES string of the molecule is Cc1ccc(C)c(OCC(=O)N2CCc3[nH]n(-c4ccccc4)c(=O)c3C2)c1C. The van der Waals surface area contributed by atoms with Crippen molar-refractivity contribution in [1.29, 1.82) is 0 Å². The van der Waals surface area contributed by atoms with Crippen molar-refractivity contribution in [2.45, 2.75) is 33.7 Å². The lowest BCUT2D eigenvalue weighted by molar-refractivity contribution is -0.134. The third-order valence-corrected chi connectivity index (χ3v) is 5.63. The lowest BCUT2D eigenvalue weighted by Gasteiger charge is -2.26. The molecule has 0 radical (unpaired) electrons. The molecule has 3 aromatic rings. The third kappa shape index (κ3) is 3.58. The summed E-state index contributed by atoms with van der Waals surface area (Å²) in [6, 6.07) is 13.5. The predicted molar refractivity (Wildman–Crippen MR) is 112 cm³/mol. The van der Waals surface area contributed by atoms with E-state index >= 15 is 0 Å². The number of aromatic nitrogens is 2. The molecule has 4 rings (SSSR count). The molecule has 1 aliphatic rings. The number of hydrogen-bond donors (Lipinski definition) is 1. The zero-order chi connectivity index (χ0) is 20.5. The van der Waals surface area contributed by atoms with Crippen molar-refractivity contribution in [2.75, 3.05) is 13.2 Å². The molecule has 150 valence electrons. The second-order valence-electron chi connectivity index (χ2n) is 7.55. The number of rotatable bonds is 4. The molecule has 6 nitrogen and oxygen atoms in total. The van der Waals surface area contributed by atoms with Crippen LogP contribution in [0.4, 0.5) is 0 Å². The Balaban J connectivity index is 1.49. The van der Waals surface area contributed by atoms with E-state index < -0.39 is 0 Å². The fourth-order valence-corrected chi connectivity index (χ4v) is 3.75. The minimum absolute atomic E-state index is 0.0300.